The van der Waals surface area contributed by atoms with Gasteiger partial charge in [-0.2, -0.15) is 0 Å². The van der Waals surface area contributed by atoms with Gasteiger partial charge in [0.1, 0.15) is 0 Å². The summed E-state index contributed by atoms with van der Waals surface area (Å²) in [7, 11) is 0. The molecule has 60 valence electrons. The molecular formula is C8H10O3. The number of aliphatic hydroxyl groups is 1. The van der Waals surface area contributed by atoms with Crippen LogP contribution in [-0.2, 0) is 9.53 Å². The molecule has 1 heterocycles. The molecule has 0 aromatic rings. The molecule has 1 rings (SSSR count). The lowest BCUT2D eigenvalue weighted by Crippen LogP contribution is -2.11. The van der Waals surface area contributed by atoms with E-state index in [2.05, 4.69) is 0 Å². The Morgan fingerprint density at radius 2 is 2.64 bits per heavy atom. The van der Waals surface area contributed by atoms with Crippen molar-refractivity contribution in [1.29, 1.82) is 0 Å². The summed E-state index contributed by atoms with van der Waals surface area (Å²) in [5, 5.41) is 8.95. The first-order valence-electron chi connectivity index (χ1n) is 3.49. The molecule has 1 N–H and O–H groups in total. The monoisotopic (exact) mass is 154 g/mol. The molecule has 0 fully saturated rings. The first-order valence-corrected chi connectivity index (χ1v) is 3.49. The lowest BCUT2D eigenvalue weighted by atomic mass is 10.0. The lowest BCUT2D eigenvalue weighted by Gasteiger charge is -2.17. The highest BCUT2D eigenvalue weighted by molar-refractivity contribution is 5.56. The number of ether oxygens (including phenoxy) is 1. The van der Waals surface area contributed by atoms with Crippen molar-refractivity contribution in [2.24, 2.45) is 5.92 Å². The summed E-state index contributed by atoms with van der Waals surface area (Å²) < 4.78 is 5.00. The molecule has 0 saturated carbocycles. The number of hydrogen-bond donors (Lipinski definition) is 1. The zero-order valence-electron chi connectivity index (χ0n) is 6.33. The van der Waals surface area contributed by atoms with E-state index in [0.717, 1.165) is 0 Å². The highest BCUT2D eigenvalue weighted by Gasteiger charge is 2.15. The number of hydrogen-bond acceptors (Lipinski definition) is 3. The third-order valence-electron chi connectivity index (χ3n) is 1.58. The van der Waals surface area contributed by atoms with Gasteiger partial charge in [-0.1, -0.05) is 6.92 Å². The quantitative estimate of drug-likeness (QED) is 0.456. The molecular weight excluding hydrogens is 144 g/mol. The Labute approximate surface area is 65.0 Å². The molecule has 11 heavy (non-hydrogen) atoms. The fraction of sp³-hybridized carbons (Fsp3) is 0.500. The van der Waals surface area contributed by atoms with E-state index in [-0.39, 0.29) is 5.76 Å². The van der Waals surface area contributed by atoms with Crippen LogP contribution in [0.4, 0.5) is 0 Å². The Kier molecular flexibility index (Phi) is 2.34. The van der Waals surface area contributed by atoms with Crippen LogP contribution in [0.5, 0.6) is 0 Å². The van der Waals surface area contributed by atoms with Crippen LogP contribution in [0.2, 0.25) is 0 Å². The first kappa shape index (κ1) is 7.89. The molecule has 0 radical (unpaired) electrons. The minimum absolute atomic E-state index is 0.337. The summed E-state index contributed by atoms with van der Waals surface area (Å²) >= 11 is 0. The third kappa shape index (κ3) is 1.85. The molecule has 0 aromatic carbocycles. The van der Waals surface area contributed by atoms with Crippen LogP contribution in [0, 0.1) is 5.92 Å². The Balaban J connectivity index is 2.73. The number of carbonyl (C=O) groups excluding carboxylic acids is 1. The second kappa shape index (κ2) is 3.26. The summed E-state index contributed by atoms with van der Waals surface area (Å²) in [6.45, 7) is 2.64. The summed E-state index contributed by atoms with van der Waals surface area (Å²) in [6.07, 6.45) is 2.10. The van der Waals surface area contributed by atoms with Crippen molar-refractivity contribution in [1.82, 2.24) is 0 Å². The molecule has 0 spiro atoms. The Hall–Kier alpha value is -1.21. The van der Waals surface area contributed by atoms with Crippen LogP contribution in [0.15, 0.2) is 17.6 Å². The molecule has 3 heteroatoms. The number of allylic oxidation sites excluding steroid dienone is 1. The van der Waals surface area contributed by atoms with Crippen LogP contribution in [0.3, 0.4) is 0 Å². The van der Waals surface area contributed by atoms with Crippen LogP contribution in [-0.4, -0.2) is 17.7 Å². The van der Waals surface area contributed by atoms with E-state index < -0.39 is 0 Å². The van der Waals surface area contributed by atoms with Gasteiger partial charge in [-0.25, -0.2) is 4.79 Å². The maximum Gasteiger partial charge on any atom is 0.207 e. The highest BCUT2D eigenvalue weighted by Crippen LogP contribution is 2.20. The zero-order chi connectivity index (χ0) is 8.27. The van der Waals surface area contributed by atoms with Crippen molar-refractivity contribution in [2.75, 3.05) is 6.61 Å². The molecule has 1 atom stereocenters. The van der Waals surface area contributed by atoms with Crippen molar-refractivity contribution < 1.29 is 14.6 Å². The molecule has 0 aliphatic carbocycles. The highest BCUT2D eigenvalue weighted by atomic mass is 16.5. The number of aliphatic hydroxyl groups excluding tert-OH is 1. The fourth-order valence-corrected chi connectivity index (χ4v) is 1.01. The number of rotatable bonds is 1. The van der Waals surface area contributed by atoms with Gasteiger partial charge in [0, 0.05) is 5.57 Å². The van der Waals surface area contributed by atoms with Gasteiger partial charge in [-0.15, -0.1) is 0 Å². The SMILES string of the molecule is CC1COC=C(C(O)=C=O)C1. The maximum absolute atomic E-state index is 10.0. The van der Waals surface area contributed by atoms with Crippen LogP contribution in [0.25, 0.3) is 0 Å². The van der Waals surface area contributed by atoms with Crippen molar-refractivity contribution >= 4 is 5.94 Å². The second-order valence-corrected chi connectivity index (χ2v) is 2.74. The van der Waals surface area contributed by atoms with E-state index in [1.165, 1.54) is 12.2 Å². The van der Waals surface area contributed by atoms with Gasteiger partial charge in [0.15, 0.2) is 5.94 Å². The van der Waals surface area contributed by atoms with E-state index in [9.17, 15) is 4.79 Å². The lowest BCUT2D eigenvalue weighted by molar-refractivity contribution is 0.177. The second-order valence-electron chi connectivity index (χ2n) is 2.74. The van der Waals surface area contributed by atoms with Crippen LogP contribution < -0.4 is 0 Å². The summed E-state index contributed by atoms with van der Waals surface area (Å²) in [4.78, 5) is 10.0. The largest absolute Gasteiger partial charge is 0.500 e. The molecule has 1 aliphatic rings. The molecule has 0 saturated heterocycles. The predicted molar refractivity (Wildman–Crippen MR) is 39.7 cm³/mol. The molecule has 0 bridgehead atoms. The van der Waals surface area contributed by atoms with Gasteiger partial charge in [0.2, 0.25) is 5.76 Å². The van der Waals surface area contributed by atoms with Gasteiger partial charge >= 0.3 is 0 Å². The first-order chi connectivity index (χ1) is 5.24. The van der Waals surface area contributed by atoms with Gasteiger partial charge < -0.3 is 9.84 Å². The summed E-state index contributed by atoms with van der Waals surface area (Å²) in [5.74, 6) is 1.44. The average Bonchev–Trinajstić information content (AvgIpc) is 2.03. The van der Waals surface area contributed by atoms with Crippen molar-refractivity contribution in [3.8, 4) is 0 Å². The topological polar surface area (TPSA) is 46.5 Å². The van der Waals surface area contributed by atoms with Crippen molar-refractivity contribution in [3.05, 3.63) is 17.6 Å². The Morgan fingerprint density at radius 1 is 1.91 bits per heavy atom. The van der Waals surface area contributed by atoms with Gasteiger partial charge in [0.25, 0.3) is 0 Å². The van der Waals surface area contributed by atoms with E-state index in [1.807, 2.05) is 6.92 Å². The molecule has 1 unspecified atom stereocenters. The van der Waals surface area contributed by atoms with E-state index >= 15 is 0 Å². The smallest absolute Gasteiger partial charge is 0.207 e. The van der Waals surface area contributed by atoms with Crippen LogP contribution >= 0.6 is 0 Å². The molecule has 0 aromatic heterocycles. The van der Waals surface area contributed by atoms with Crippen LogP contribution in [0.1, 0.15) is 13.3 Å². The van der Waals surface area contributed by atoms with Gasteiger partial charge in [-0.05, 0) is 12.3 Å². The molecule has 0 amide bonds. The standard InChI is InChI=1S/C8H10O3/c1-6-2-7(5-11-4-6)8(10)3-9/h5-6,10H,2,4H2,1H3. The van der Waals surface area contributed by atoms with Gasteiger partial charge in [-0.3, -0.25) is 0 Å². The summed E-state index contributed by atoms with van der Waals surface area (Å²) in [5.41, 5.74) is 0.541. The Bertz CT molecular complexity index is 223. The average molecular weight is 154 g/mol. The summed E-state index contributed by atoms with van der Waals surface area (Å²) in [6, 6.07) is 0. The maximum atomic E-state index is 10.0. The Morgan fingerprint density at radius 3 is 3.18 bits per heavy atom. The van der Waals surface area contributed by atoms with Crippen molar-refractivity contribution in [2.45, 2.75) is 13.3 Å². The van der Waals surface area contributed by atoms with E-state index in [1.54, 1.807) is 0 Å². The minimum atomic E-state index is -0.337. The normalized spacial score (nSPS) is 23.0. The molecule has 1 aliphatic heterocycles. The molecule has 3 nitrogen and oxygen atoms in total. The van der Waals surface area contributed by atoms with Crippen molar-refractivity contribution in [3.63, 3.8) is 0 Å². The van der Waals surface area contributed by atoms with E-state index in [0.29, 0.717) is 24.5 Å². The predicted octanol–water partition coefficient (Wildman–Crippen LogP) is 1.20. The third-order valence-corrected chi connectivity index (χ3v) is 1.58. The van der Waals surface area contributed by atoms with E-state index in [4.69, 9.17) is 9.84 Å². The minimum Gasteiger partial charge on any atom is -0.500 e. The van der Waals surface area contributed by atoms with Gasteiger partial charge in [0.05, 0.1) is 12.9 Å². The fourth-order valence-electron chi connectivity index (χ4n) is 1.01. The zero-order valence-corrected chi connectivity index (χ0v) is 6.33.